The number of carboxylic acids is 1. The molecule has 0 aliphatic heterocycles. The van der Waals surface area contributed by atoms with Gasteiger partial charge in [0.1, 0.15) is 5.82 Å². The molecule has 100 valence electrons. The molecule has 3 atom stereocenters. The van der Waals surface area contributed by atoms with Crippen molar-refractivity contribution in [3.05, 3.63) is 11.6 Å². The van der Waals surface area contributed by atoms with Crippen molar-refractivity contribution < 1.29 is 9.90 Å². The molecule has 0 bridgehead atoms. The first-order chi connectivity index (χ1) is 8.52. The first kappa shape index (κ1) is 13.1. The maximum absolute atomic E-state index is 11.3. The molecular formula is C13H21N3O2. The number of nitrogens with zero attached hydrogens (tertiary/aromatic N) is 2. The number of hydrogen-bond acceptors (Lipinski definition) is 3. The van der Waals surface area contributed by atoms with Crippen LogP contribution in [0, 0.1) is 11.8 Å². The molecule has 2 rings (SSSR count). The molecule has 1 aliphatic rings. The van der Waals surface area contributed by atoms with Crippen LogP contribution in [0.2, 0.25) is 0 Å². The number of carboxylic acid groups (broad SMARTS) is 1. The lowest BCUT2D eigenvalue weighted by atomic mass is 9.96. The molecule has 3 unspecified atom stereocenters. The Hall–Kier alpha value is -1.39. The van der Waals surface area contributed by atoms with E-state index in [-0.39, 0.29) is 17.8 Å². The zero-order valence-corrected chi connectivity index (χ0v) is 11.2. The molecule has 1 aliphatic carbocycles. The van der Waals surface area contributed by atoms with Gasteiger partial charge in [0.25, 0.3) is 0 Å². The van der Waals surface area contributed by atoms with Crippen LogP contribution >= 0.6 is 0 Å². The van der Waals surface area contributed by atoms with Crippen LogP contribution in [0.5, 0.6) is 0 Å². The van der Waals surface area contributed by atoms with E-state index >= 15 is 0 Å². The summed E-state index contributed by atoms with van der Waals surface area (Å²) in [6.07, 6.45) is 2.69. The minimum absolute atomic E-state index is 0.00699. The highest BCUT2D eigenvalue weighted by molar-refractivity contribution is 5.71. The lowest BCUT2D eigenvalue weighted by Gasteiger charge is -2.11. The van der Waals surface area contributed by atoms with Crippen molar-refractivity contribution >= 4 is 5.97 Å². The van der Waals surface area contributed by atoms with Gasteiger partial charge in [-0.3, -0.25) is 9.89 Å². The number of rotatable bonds is 4. The minimum Gasteiger partial charge on any atom is -0.481 e. The fraction of sp³-hybridized carbons (Fsp3) is 0.769. The monoisotopic (exact) mass is 251 g/mol. The van der Waals surface area contributed by atoms with E-state index in [0.29, 0.717) is 5.92 Å². The van der Waals surface area contributed by atoms with Gasteiger partial charge >= 0.3 is 5.97 Å². The molecule has 5 heteroatoms. The Morgan fingerprint density at radius 2 is 2.22 bits per heavy atom. The van der Waals surface area contributed by atoms with Crippen molar-refractivity contribution in [3.8, 4) is 0 Å². The van der Waals surface area contributed by atoms with Crippen LogP contribution in [-0.2, 0) is 4.79 Å². The molecule has 1 aromatic heterocycles. The Labute approximate surface area is 107 Å². The number of aromatic nitrogens is 3. The molecule has 0 radical (unpaired) electrons. The van der Waals surface area contributed by atoms with Crippen LogP contribution in [0.4, 0.5) is 0 Å². The van der Waals surface area contributed by atoms with Gasteiger partial charge in [-0.15, -0.1) is 0 Å². The van der Waals surface area contributed by atoms with Gasteiger partial charge in [-0.1, -0.05) is 27.2 Å². The maximum Gasteiger partial charge on any atom is 0.307 e. The van der Waals surface area contributed by atoms with Crippen molar-refractivity contribution in [3.63, 3.8) is 0 Å². The Kier molecular flexibility index (Phi) is 3.68. The second kappa shape index (κ2) is 5.08. The Balaban J connectivity index is 2.21. The van der Waals surface area contributed by atoms with Crippen LogP contribution in [0.15, 0.2) is 0 Å². The van der Waals surface area contributed by atoms with Gasteiger partial charge in [0, 0.05) is 11.8 Å². The number of nitrogens with one attached hydrogen (secondary N) is 1. The molecule has 0 amide bonds. The zero-order chi connectivity index (χ0) is 13.3. The summed E-state index contributed by atoms with van der Waals surface area (Å²) < 4.78 is 0. The largest absolute Gasteiger partial charge is 0.481 e. The SMILES string of the molecule is CCC1CC(C(=O)O)C(c2nc(C(C)C)n[nH]2)C1. The molecule has 0 aromatic carbocycles. The average molecular weight is 251 g/mol. The predicted octanol–water partition coefficient (Wildman–Crippen LogP) is 2.53. The zero-order valence-electron chi connectivity index (χ0n) is 11.2. The minimum atomic E-state index is -0.710. The standard InChI is InChI=1S/C13H21N3O2/c1-4-8-5-9(10(6-8)13(17)18)12-14-11(7(2)3)15-16-12/h7-10H,4-6H2,1-3H3,(H,17,18)(H,14,15,16). The summed E-state index contributed by atoms with van der Waals surface area (Å²) >= 11 is 0. The second-order valence-corrected chi connectivity index (χ2v) is 5.53. The number of aliphatic carboxylic acids is 1. The number of aromatic amines is 1. The third kappa shape index (κ3) is 2.40. The predicted molar refractivity (Wildman–Crippen MR) is 67.4 cm³/mol. The van der Waals surface area contributed by atoms with Crippen LogP contribution in [-0.4, -0.2) is 26.3 Å². The van der Waals surface area contributed by atoms with E-state index in [2.05, 4.69) is 22.1 Å². The summed E-state index contributed by atoms with van der Waals surface area (Å²) in [7, 11) is 0. The topological polar surface area (TPSA) is 78.9 Å². The van der Waals surface area contributed by atoms with Crippen LogP contribution < -0.4 is 0 Å². The summed E-state index contributed by atoms with van der Waals surface area (Å²) in [6.45, 7) is 6.18. The summed E-state index contributed by atoms with van der Waals surface area (Å²) in [5.74, 6) is 1.25. The van der Waals surface area contributed by atoms with E-state index in [1.807, 2.05) is 13.8 Å². The highest BCUT2D eigenvalue weighted by Gasteiger charge is 2.40. The molecule has 0 saturated heterocycles. The van der Waals surface area contributed by atoms with Crippen LogP contribution in [0.1, 0.15) is 63.5 Å². The molecule has 1 fully saturated rings. The van der Waals surface area contributed by atoms with E-state index in [1.54, 1.807) is 0 Å². The number of hydrogen-bond donors (Lipinski definition) is 2. The highest BCUT2D eigenvalue weighted by Crippen LogP contribution is 2.43. The van der Waals surface area contributed by atoms with Gasteiger partial charge in [0.2, 0.25) is 0 Å². The van der Waals surface area contributed by atoms with Gasteiger partial charge < -0.3 is 5.11 Å². The Morgan fingerprint density at radius 3 is 2.72 bits per heavy atom. The van der Waals surface area contributed by atoms with Crippen molar-refractivity contribution in [1.29, 1.82) is 0 Å². The molecule has 2 N–H and O–H groups in total. The highest BCUT2D eigenvalue weighted by atomic mass is 16.4. The lowest BCUT2D eigenvalue weighted by molar-refractivity contribution is -0.142. The Bertz CT molecular complexity index is 428. The van der Waals surface area contributed by atoms with Crippen LogP contribution in [0.25, 0.3) is 0 Å². The van der Waals surface area contributed by atoms with Crippen molar-refractivity contribution in [2.75, 3.05) is 0 Å². The maximum atomic E-state index is 11.3. The van der Waals surface area contributed by atoms with E-state index in [9.17, 15) is 9.90 Å². The average Bonchev–Trinajstić information content (AvgIpc) is 2.95. The normalized spacial score (nSPS) is 27.9. The van der Waals surface area contributed by atoms with E-state index in [1.165, 1.54) is 0 Å². The second-order valence-electron chi connectivity index (χ2n) is 5.53. The van der Waals surface area contributed by atoms with Gasteiger partial charge in [-0.05, 0) is 18.8 Å². The first-order valence-electron chi connectivity index (χ1n) is 6.67. The summed E-state index contributed by atoms with van der Waals surface area (Å²) in [5, 5.41) is 16.4. The van der Waals surface area contributed by atoms with Crippen molar-refractivity contribution in [2.45, 2.75) is 51.9 Å². The first-order valence-corrected chi connectivity index (χ1v) is 6.67. The summed E-state index contributed by atoms with van der Waals surface area (Å²) in [5.41, 5.74) is 0. The number of carbonyl (C=O) groups is 1. The van der Waals surface area contributed by atoms with E-state index in [4.69, 9.17) is 0 Å². The van der Waals surface area contributed by atoms with Crippen LogP contribution in [0.3, 0.4) is 0 Å². The van der Waals surface area contributed by atoms with Gasteiger partial charge in [-0.25, -0.2) is 4.98 Å². The number of H-pyrrole nitrogens is 1. The molecule has 1 saturated carbocycles. The van der Waals surface area contributed by atoms with E-state index in [0.717, 1.165) is 30.9 Å². The van der Waals surface area contributed by atoms with Gasteiger partial charge in [-0.2, -0.15) is 5.10 Å². The van der Waals surface area contributed by atoms with Gasteiger partial charge in [0.15, 0.2) is 5.82 Å². The lowest BCUT2D eigenvalue weighted by Crippen LogP contribution is -2.17. The quantitative estimate of drug-likeness (QED) is 0.861. The molecule has 1 aromatic rings. The summed E-state index contributed by atoms with van der Waals surface area (Å²) in [4.78, 5) is 15.8. The molecular weight excluding hydrogens is 230 g/mol. The molecule has 18 heavy (non-hydrogen) atoms. The fourth-order valence-corrected chi connectivity index (χ4v) is 2.76. The molecule has 1 heterocycles. The van der Waals surface area contributed by atoms with Crippen molar-refractivity contribution in [2.24, 2.45) is 11.8 Å². The molecule has 0 spiro atoms. The smallest absolute Gasteiger partial charge is 0.307 e. The third-order valence-corrected chi connectivity index (χ3v) is 3.94. The molecule has 5 nitrogen and oxygen atoms in total. The van der Waals surface area contributed by atoms with E-state index < -0.39 is 5.97 Å². The fourth-order valence-electron chi connectivity index (χ4n) is 2.76. The van der Waals surface area contributed by atoms with Crippen molar-refractivity contribution in [1.82, 2.24) is 15.2 Å². The Morgan fingerprint density at radius 1 is 1.50 bits per heavy atom. The summed E-state index contributed by atoms with van der Waals surface area (Å²) in [6, 6.07) is 0. The van der Waals surface area contributed by atoms with Gasteiger partial charge in [0.05, 0.1) is 5.92 Å². The third-order valence-electron chi connectivity index (χ3n) is 3.94.